The summed E-state index contributed by atoms with van der Waals surface area (Å²) in [6, 6.07) is 0. The van der Waals surface area contributed by atoms with E-state index < -0.39 is 144 Å². The van der Waals surface area contributed by atoms with Gasteiger partial charge in [-0.15, -0.1) is 21.9 Å². The van der Waals surface area contributed by atoms with Crippen molar-refractivity contribution in [2.45, 2.75) is 27.2 Å². The standard InChI is InChI=1S/C24BF20.C8H19N/c26-5-1(6(27)14(35)21(42)13(5)34)25(2-7(28)15(36)22(43)16(37)8(2)29,3-9(30)17(38)23(44)18(39)10(3)31)4-11(32)19(40)24(45)20(41)12(4)33;1-5-8(3)7-9(4)6-2/h;8H,5-7H2,1-4H3/q-1;/p+1. The third-order valence-corrected chi connectivity index (χ3v) is 8.70. The van der Waals surface area contributed by atoms with Crippen LogP contribution in [0, 0.1) is 122 Å². The van der Waals surface area contributed by atoms with Crippen molar-refractivity contribution in [2.24, 2.45) is 5.92 Å². The van der Waals surface area contributed by atoms with Crippen molar-refractivity contribution in [1.82, 2.24) is 0 Å². The summed E-state index contributed by atoms with van der Waals surface area (Å²) < 4.78 is 294. The highest BCUT2D eigenvalue weighted by atomic mass is 19.2. The number of halogens is 20. The molecule has 1 N–H and O–H groups in total. The molecule has 1 nitrogen and oxygen atoms in total. The Bertz CT molecular complexity index is 1730. The molecule has 22 heteroatoms. The first-order valence-electron chi connectivity index (χ1n) is 14.9. The van der Waals surface area contributed by atoms with E-state index in [9.17, 15) is 52.7 Å². The van der Waals surface area contributed by atoms with Crippen LogP contribution >= 0.6 is 0 Å². The Morgan fingerprint density at radius 2 is 0.519 bits per heavy atom. The molecule has 0 bridgehead atoms. The molecule has 4 aromatic rings. The van der Waals surface area contributed by atoms with Crippen molar-refractivity contribution in [3.63, 3.8) is 0 Å². The topological polar surface area (TPSA) is 4.44 Å². The predicted octanol–water partition coefficient (Wildman–Crippen LogP) is 6.41. The first-order chi connectivity index (χ1) is 24.9. The minimum atomic E-state index is -7.22. The first-order valence-corrected chi connectivity index (χ1v) is 14.9. The molecule has 0 amide bonds. The predicted molar refractivity (Wildman–Crippen MR) is 151 cm³/mol. The number of quaternary nitrogens is 1. The highest BCUT2D eigenvalue weighted by Gasteiger charge is 2.52. The second-order valence-corrected chi connectivity index (χ2v) is 11.8. The number of hydrogen-bond acceptors (Lipinski definition) is 0. The van der Waals surface area contributed by atoms with Crippen LogP contribution in [0.4, 0.5) is 87.8 Å². The zero-order chi connectivity index (χ0) is 41.6. The zero-order valence-corrected chi connectivity index (χ0v) is 27.3. The van der Waals surface area contributed by atoms with Gasteiger partial charge in [0.25, 0.3) is 0 Å². The van der Waals surface area contributed by atoms with Gasteiger partial charge in [-0.2, -0.15) is 0 Å². The molecule has 0 aliphatic rings. The SMILES string of the molecule is CCC(C)C[NH+](C)CC.Fc1c(F)c(F)c([B-](c2c(F)c(F)c(F)c(F)c2F)(c2c(F)c(F)c(F)c(F)c2F)c2c(F)c(F)c(F)c(F)c2F)c(F)c1F. The van der Waals surface area contributed by atoms with Gasteiger partial charge in [-0.3, -0.25) is 0 Å². The Kier molecular flexibility index (Phi) is 13.1. The van der Waals surface area contributed by atoms with Gasteiger partial charge in [0.1, 0.15) is 52.7 Å². The molecular weight excluding hydrogens is 789 g/mol. The normalized spacial score (nSPS) is 12.9. The zero-order valence-electron chi connectivity index (χ0n) is 27.3. The Labute approximate surface area is 290 Å². The van der Waals surface area contributed by atoms with Gasteiger partial charge in [0.05, 0.1) is 20.1 Å². The van der Waals surface area contributed by atoms with E-state index in [1.165, 1.54) is 19.5 Å². The van der Waals surface area contributed by atoms with Crippen molar-refractivity contribution < 1.29 is 92.7 Å². The van der Waals surface area contributed by atoms with Crippen LogP contribution in [0.25, 0.3) is 0 Å². The lowest BCUT2D eigenvalue weighted by Gasteiger charge is -2.44. The van der Waals surface area contributed by atoms with E-state index >= 15 is 35.1 Å². The van der Waals surface area contributed by atoms with Gasteiger partial charge in [0.2, 0.25) is 0 Å². The van der Waals surface area contributed by atoms with E-state index in [1.54, 1.807) is 4.90 Å². The van der Waals surface area contributed by atoms with Crippen LogP contribution in [0.5, 0.6) is 0 Å². The van der Waals surface area contributed by atoms with Crippen LogP contribution < -0.4 is 26.8 Å². The summed E-state index contributed by atoms with van der Waals surface area (Å²) in [7, 11) is 2.26. The van der Waals surface area contributed by atoms with Crippen LogP contribution in [0.3, 0.4) is 0 Å². The van der Waals surface area contributed by atoms with Crippen molar-refractivity contribution in [1.29, 1.82) is 0 Å². The minimum absolute atomic E-state index is 0.893. The van der Waals surface area contributed by atoms with Gasteiger partial charge < -0.3 is 4.90 Å². The number of hydrogen-bond donors (Lipinski definition) is 1. The lowest BCUT2D eigenvalue weighted by molar-refractivity contribution is -0.881. The molecule has 54 heavy (non-hydrogen) atoms. The maximum absolute atomic E-state index is 15.4. The van der Waals surface area contributed by atoms with Gasteiger partial charge >= 0.3 is 0 Å². The molecular formula is C32H20BF20N. The summed E-state index contributed by atoms with van der Waals surface area (Å²) in [5, 5.41) is 0. The van der Waals surface area contributed by atoms with Crippen LogP contribution in [-0.4, -0.2) is 26.3 Å². The Balaban J connectivity index is 0.000000772. The highest BCUT2D eigenvalue weighted by molar-refractivity contribution is 7.20. The summed E-state index contributed by atoms with van der Waals surface area (Å²) in [5.74, 6) is -70.5. The minimum Gasteiger partial charge on any atom is -0.337 e. The summed E-state index contributed by atoms with van der Waals surface area (Å²) in [6.45, 7) is 9.39. The second-order valence-electron chi connectivity index (χ2n) is 11.8. The quantitative estimate of drug-likeness (QED) is 0.0910. The van der Waals surface area contributed by atoms with E-state index in [2.05, 4.69) is 27.8 Å². The average Bonchev–Trinajstić information content (AvgIpc) is 3.14. The van der Waals surface area contributed by atoms with Gasteiger partial charge in [0.15, 0.2) is 69.8 Å². The first kappa shape index (κ1) is 43.9. The molecule has 0 heterocycles. The Morgan fingerprint density at radius 1 is 0.352 bits per heavy atom. The van der Waals surface area contributed by atoms with Crippen molar-refractivity contribution in [3.05, 3.63) is 116 Å². The second kappa shape index (κ2) is 16.1. The van der Waals surface area contributed by atoms with Gasteiger partial charge in [-0.05, 0) is 13.3 Å². The third-order valence-electron chi connectivity index (χ3n) is 8.70. The Hall–Kier alpha value is -4.50. The molecule has 0 fully saturated rings. The Morgan fingerprint density at radius 3 is 0.667 bits per heavy atom. The van der Waals surface area contributed by atoms with E-state index in [-0.39, 0.29) is 0 Å². The van der Waals surface area contributed by atoms with E-state index in [1.807, 2.05) is 0 Å². The summed E-state index contributed by atoms with van der Waals surface area (Å²) in [5.41, 5.74) is -14.3. The molecule has 0 saturated heterocycles. The van der Waals surface area contributed by atoms with E-state index in [0.717, 1.165) is 5.92 Å². The van der Waals surface area contributed by atoms with Crippen LogP contribution in [-0.2, 0) is 0 Å². The molecule has 4 aromatic carbocycles. The van der Waals surface area contributed by atoms with Crippen LogP contribution in [0.1, 0.15) is 27.2 Å². The van der Waals surface area contributed by atoms with E-state index in [4.69, 9.17) is 0 Å². The molecule has 0 saturated carbocycles. The molecule has 0 spiro atoms. The fourth-order valence-corrected chi connectivity index (χ4v) is 5.76. The molecule has 0 aromatic heterocycles. The third kappa shape index (κ3) is 6.74. The molecule has 296 valence electrons. The maximum atomic E-state index is 15.4. The fraction of sp³-hybridized carbons (Fsp3) is 0.250. The van der Waals surface area contributed by atoms with Crippen molar-refractivity contribution in [2.75, 3.05) is 20.1 Å². The lowest BCUT2D eigenvalue weighted by atomic mass is 9.12. The van der Waals surface area contributed by atoms with E-state index in [0.29, 0.717) is 0 Å². The summed E-state index contributed by atoms with van der Waals surface area (Å²) in [6.07, 6.45) is -5.90. The largest absolute Gasteiger partial charge is 0.337 e. The molecule has 0 radical (unpaired) electrons. The molecule has 2 atom stereocenters. The highest BCUT2D eigenvalue weighted by Crippen LogP contribution is 2.30. The smallest absolute Gasteiger partial charge is 0.200 e. The van der Waals surface area contributed by atoms with Crippen molar-refractivity contribution in [3.8, 4) is 0 Å². The molecule has 4 rings (SSSR count). The summed E-state index contributed by atoms with van der Waals surface area (Å²) >= 11 is 0. The molecule has 2 unspecified atom stereocenters. The number of benzene rings is 4. The van der Waals surface area contributed by atoms with Gasteiger partial charge in [-0.1, -0.05) is 13.8 Å². The average molecular weight is 809 g/mol. The number of nitrogens with one attached hydrogen (secondary N) is 1. The monoisotopic (exact) mass is 809 g/mol. The molecule has 0 aliphatic heterocycles. The lowest BCUT2D eigenvalue weighted by Crippen LogP contribution is -3.09. The fourth-order valence-electron chi connectivity index (χ4n) is 5.76. The van der Waals surface area contributed by atoms with Crippen molar-refractivity contribution >= 4 is 28.0 Å². The molecule has 0 aliphatic carbocycles. The summed E-state index contributed by atoms with van der Waals surface area (Å²) in [4.78, 5) is 1.64. The maximum Gasteiger partial charge on any atom is 0.200 e. The number of rotatable bonds is 8. The van der Waals surface area contributed by atoms with Crippen LogP contribution in [0.2, 0.25) is 0 Å². The van der Waals surface area contributed by atoms with Gasteiger partial charge in [-0.25, -0.2) is 87.8 Å². The van der Waals surface area contributed by atoms with Crippen LogP contribution in [0.15, 0.2) is 0 Å². The van der Waals surface area contributed by atoms with Gasteiger partial charge in [0, 0.05) is 5.92 Å².